The van der Waals surface area contributed by atoms with Crippen molar-refractivity contribution in [3.05, 3.63) is 58.9 Å². The van der Waals surface area contributed by atoms with Gasteiger partial charge in [-0.05, 0) is 48.4 Å². The van der Waals surface area contributed by atoms with Gasteiger partial charge in [-0.2, -0.15) is 0 Å². The maximum atomic E-state index is 11.8. The molecular weight excluding hydrogens is 274 g/mol. The molecule has 2 aromatic rings. The van der Waals surface area contributed by atoms with Crippen LogP contribution in [0, 0.1) is 6.92 Å². The number of pyridine rings is 1. The van der Waals surface area contributed by atoms with Crippen LogP contribution in [0.5, 0.6) is 0 Å². The van der Waals surface area contributed by atoms with Crippen LogP contribution in [0.2, 0.25) is 5.02 Å². The minimum atomic E-state index is -0.0792. The molecule has 2 rings (SSSR count). The van der Waals surface area contributed by atoms with Crippen LogP contribution in [-0.2, 0) is 11.3 Å². The molecule has 1 aromatic heterocycles. The minimum Gasteiger partial charge on any atom is -0.325 e. The van der Waals surface area contributed by atoms with E-state index in [1.54, 1.807) is 24.5 Å². The largest absolute Gasteiger partial charge is 0.325 e. The molecule has 0 saturated heterocycles. The molecule has 5 heteroatoms. The molecule has 0 aliphatic carbocycles. The van der Waals surface area contributed by atoms with Gasteiger partial charge in [0.05, 0.1) is 6.54 Å². The van der Waals surface area contributed by atoms with Crippen molar-refractivity contribution in [2.45, 2.75) is 13.5 Å². The van der Waals surface area contributed by atoms with E-state index in [0.29, 0.717) is 11.6 Å². The van der Waals surface area contributed by atoms with Gasteiger partial charge in [-0.15, -0.1) is 0 Å². The predicted molar refractivity (Wildman–Crippen MR) is 80.8 cm³/mol. The minimum absolute atomic E-state index is 0.0792. The highest BCUT2D eigenvalue weighted by Crippen LogP contribution is 2.19. The number of rotatable bonds is 5. The standard InChI is InChI=1S/C15H16ClN3O/c1-11-8-13(16)2-3-14(11)19-15(20)10-18-9-12-4-6-17-7-5-12/h2-8,18H,9-10H2,1H3,(H,19,20). The van der Waals surface area contributed by atoms with Crippen molar-refractivity contribution >= 4 is 23.2 Å². The Morgan fingerprint density at radius 3 is 2.70 bits per heavy atom. The smallest absolute Gasteiger partial charge is 0.238 e. The lowest BCUT2D eigenvalue weighted by atomic mass is 10.2. The van der Waals surface area contributed by atoms with Crippen molar-refractivity contribution < 1.29 is 4.79 Å². The Morgan fingerprint density at radius 2 is 2.00 bits per heavy atom. The quantitative estimate of drug-likeness (QED) is 0.890. The highest BCUT2D eigenvalue weighted by atomic mass is 35.5. The van der Waals surface area contributed by atoms with Crippen LogP contribution >= 0.6 is 11.6 Å². The summed E-state index contributed by atoms with van der Waals surface area (Å²) in [5.74, 6) is -0.0792. The van der Waals surface area contributed by atoms with E-state index in [2.05, 4.69) is 15.6 Å². The van der Waals surface area contributed by atoms with Crippen molar-refractivity contribution in [3.8, 4) is 0 Å². The average Bonchev–Trinajstić information content (AvgIpc) is 2.43. The summed E-state index contributed by atoms with van der Waals surface area (Å²) in [6.07, 6.45) is 3.46. The maximum absolute atomic E-state index is 11.8. The number of nitrogens with zero attached hydrogens (tertiary/aromatic N) is 1. The van der Waals surface area contributed by atoms with Crippen molar-refractivity contribution in [1.29, 1.82) is 0 Å². The number of aromatic nitrogens is 1. The highest BCUT2D eigenvalue weighted by molar-refractivity contribution is 6.30. The molecule has 0 saturated carbocycles. The Labute approximate surface area is 123 Å². The number of hydrogen-bond acceptors (Lipinski definition) is 3. The Hall–Kier alpha value is -1.91. The normalized spacial score (nSPS) is 10.3. The second-order valence-electron chi connectivity index (χ2n) is 4.47. The molecule has 1 aromatic carbocycles. The molecule has 0 atom stereocenters. The molecule has 1 heterocycles. The van der Waals surface area contributed by atoms with Crippen LogP contribution in [0.25, 0.3) is 0 Å². The summed E-state index contributed by atoms with van der Waals surface area (Å²) in [6, 6.07) is 9.21. The SMILES string of the molecule is Cc1cc(Cl)ccc1NC(=O)CNCc1ccncc1. The van der Waals surface area contributed by atoms with Crippen molar-refractivity contribution in [3.63, 3.8) is 0 Å². The maximum Gasteiger partial charge on any atom is 0.238 e. The summed E-state index contributed by atoms with van der Waals surface area (Å²) >= 11 is 5.87. The van der Waals surface area contributed by atoms with Crippen molar-refractivity contribution in [2.24, 2.45) is 0 Å². The number of hydrogen-bond donors (Lipinski definition) is 2. The van der Waals surface area contributed by atoms with Gasteiger partial charge in [0.1, 0.15) is 0 Å². The molecule has 1 amide bonds. The van der Waals surface area contributed by atoms with E-state index in [0.717, 1.165) is 16.8 Å². The topological polar surface area (TPSA) is 54.0 Å². The van der Waals surface area contributed by atoms with Crippen LogP contribution in [0.1, 0.15) is 11.1 Å². The number of amides is 1. The molecule has 0 radical (unpaired) electrons. The Balaban J connectivity index is 1.81. The first-order valence-electron chi connectivity index (χ1n) is 6.31. The van der Waals surface area contributed by atoms with E-state index in [9.17, 15) is 4.79 Å². The van der Waals surface area contributed by atoms with Gasteiger partial charge in [0.2, 0.25) is 5.91 Å². The molecule has 20 heavy (non-hydrogen) atoms. The lowest BCUT2D eigenvalue weighted by Gasteiger charge is -2.09. The van der Waals surface area contributed by atoms with Crippen molar-refractivity contribution in [1.82, 2.24) is 10.3 Å². The zero-order valence-electron chi connectivity index (χ0n) is 11.2. The number of anilines is 1. The van der Waals surface area contributed by atoms with E-state index in [1.165, 1.54) is 0 Å². The monoisotopic (exact) mass is 289 g/mol. The van der Waals surface area contributed by atoms with E-state index >= 15 is 0 Å². The van der Waals surface area contributed by atoms with Gasteiger partial charge in [-0.25, -0.2) is 0 Å². The number of carbonyl (C=O) groups is 1. The van der Waals surface area contributed by atoms with E-state index < -0.39 is 0 Å². The molecule has 104 valence electrons. The van der Waals surface area contributed by atoms with Crippen LogP contribution in [0.15, 0.2) is 42.7 Å². The number of aryl methyl sites for hydroxylation is 1. The van der Waals surface area contributed by atoms with Crippen LogP contribution in [-0.4, -0.2) is 17.4 Å². The van der Waals surface area contributed by atoms with Gasteiger partial charge < -0.3 is 10.6 Å². The molecule has 4 nitrogen and oxygen atoms in total. The van der Waals surface area contributed by atoms with Crippen LogP contribution < -0.4 is 10.6 Å². The summed E-state index contributed by atoms with van der Waals surface area (Å²) < 4.78 is 0. The van der Waals surface area contributed by atoms with Gasteiger partial charge in [-0.1, -0.05) is 11.6 Å². The molecule has 0 unspecified atom stereocenters. The third-order valence-corrected chi connectivity index (χ3v) is 3.06. The first kappa shape index (κ1) is 14.5. The predicted octanol–water partition coefficient (Wildman–Crippen LogP) is 2.77. The van der Waals surface area contributed by atoms with E-state index in [4.69, 9.17) is 11.6 Å². The van der Waals surface area contributed by atoms with Crippen LogP contribution in [0.4, 0.5) is 5.69 Å². The zero-order valence-corrected chi connectivity index (χ0v) is 11.9. The summed E-state index contributed by atoms with van der Waals surface area (Å²) in [6.45, 7) is 2.80. The molecule has 0 bridgehead atoms. The summed E-state index contributed by atoms with van der Waals surface area (Å²) in [5, 5.41) is 6.60. The fourth-order valence-electron chi connectivity index (χ4n) is 1.78. The lowest BCUT2D eigenvalue weighted by Crippen LogP contribution is -2.27. The van der Waals surface area contributed by atoms with Gasteiger partial charge in [-0.3, -0.25) is 9.78 Å². The Bertz CT molecular complexity index is 587. The third kappa shape index (κ3) is 4.33. The molecule has 0 spiro atoms. The first-order valence-corrected chi connectivity index (χ1v) is 6.68. The Kier molecular flexibility index (Phi) is 5.09. The van der Waals surface area contributed by atoms with Gasteiger partial charge >= 0.3 is 0 Å². The fraction of sp³-hybridized carbons (Fsp3) is 0.200. The number of nitrogens with one attached hydrogen (secondary N) is 2. The third-order valence-electron chi connectivity index (χ3n) is 2.83. The molecular formula is C15H16ClN3O. The summed E-state index contributed by atoms with van der Waals surface area (Å²) in [5.41, 5.74) is 2.82. The van der Waals surface area contributed by atoms with Gasteiger partial charge in [0.25, 0.3) is 0 Å². The van der Waals surface area contributed by atoms with Crippen molar-refractivity contribution in [2.75, 3.05) is 11.9 Å². The van der Waals surface area contributed by atoms with E-state index in [1.807, 2.05) is 25.1 Å². The molecule has 0 fully saturated rings. The second-order valence-corrected chi connectivity index (χ2v) is 4.90. The molecule has 2 N–H and O–H groups in total. The van der Waals surface area contributed by atoms with Crippen LogP contribution in [0.3, 0.4) is 0 Å². The molecule has 0 aliphatic rings. The molecule has 0 aliphatic heterocycles. The first-order chi connectivity index (χ1) is 9.65. The van der Waals surface area contributed by atoms with Gasteiger partial charge in [0, 0.05) is 29.6 Å². The zero-order chi connectivity index (χ0) is 14.4. The lowest BCUT2D eigenvalue weighted by molar-refractivity contribution is -0.115. The number of benzene rings is 1. The highest BCUT2D eigenvalue weighted by Gasteiger charge is 2.04. The fourth-order valence-corrected chi connectivity index (χ4v) is 2.01. The number of carbonyl (C=O) groups excluding carboxylic acids is 1. The summed E-state index contributed by atoms with van der Waals surface area (Å²) in [7, 11) is 0. The second kappa shape index (κ2) is 7.03. The average molecular weight is 290 g/mol. The van der Waals surface area contributed by atoms with E-state index in [-0.39, 0.29) is 12.5 Å². The Morgan fingerprint density at radius 1 is 1.25 bits per heavy atom. The number of halogens is 1. The summed E-state index contributed by atoms with van der Waals surface area (Å²) in [4.78, 5) is 15.8. The van der Waals surface area contributed by atoms with Gasteiger partial charge in [0.15, 0.2) is 0 Å².